The first-order valence-electron chi connectivity index (χ1n) is 8.86. The first kappa shape index (κ1) is 18.1. The number of anilines is 2. The minimum absolute atomic E-state index is 0.0773. The second-order valence-corrected chi connectivity index (χ2v) is 7.41. The van der Waals surface area contributed by atoms with Crippen LogP contribution >= 0.6 is 11.3 Å². The molecule has 1 amide bonds. The lowest BCUT2D eigenvalue weighted by atomic mass is 10.1. The standard InChI is InChI=1S/C18H20N8OS/c1-10-12(11(2)26-17(22-10)24-16(19)25-26)9-15(27)20-7-8-21-18-23-13-5-3-4-6-14(13)28-18/h3-6H,7-9H2,1-2H3,(H2,19,25)(H,20,27)(H,21,23). The van der Waals surface area contributed by atoms with Gasteiger partial charge in [-0.05, 0) is 26.0 Å². The maximum Gasteiger partial charge on any atom is 0.254 e. The second-order valence-electron chi connectivity index (χ2n) is 6.38. The van der Waals surface area contributed by atoms with Crippen LogP contribution in [-0.4, -0.2) is 43.6 Å². The molecule has 0 saturated heterocycles. The number of carbonyl (C=O) groups is 1. The zero-order chi connectivity index (χ0) is 19.7. The van der Waals surface area contributed by atoms with Crippen LogP contribution in [0.1, 0.15) is 17.0 Å². The molecule has 0 bridgehead atoms. The van der Waals surface area contributed by atoms with Crippen molar-refractivity contribution in [1.29, 1.82) is 0 Å². The molecule has 0 aliphatic heterocycles. The Morgan fingerprint density at radius 2 is 2.00 bits per heavy atom. The van der Waals surface area contributed by atoms with Crippen LogP contribution in [0, 0.1) is 13.8 Å². The quantitative estimate of drug-likeness (QED) is 0.424. The summed E-state index contributed by atoms with van der Waals surface area (Å²) in [6, 6.07) is 7.99. The minimum atomic E-state index is -0.0773. The van der Waals surface area contributed by atoms with Crippen molar-refractivity contribution < 1.29 is 4.79 Å². The number of benzene rings is 1. The molecule has 4 aromatic rings. The number of amides is 1. The Balaban J connectivity index is 1.34. The zero-order valence-corrected chi connectivity index (χ0v) is 16.4. The summed E-state index contributed by atoms with van der Waals surface area (Å²) >= 11 is 1.60. The van der Waals surface area contributed by atoms with Gasteiger partial charge >= 0.3 is 0 Å². The molecule has 28 heavy (non-hydrogen) atoms. The molecule has 4 rings (SSSR count). The number of nitrogen functional groups attached to an aromatic ring is 1. The van der Waals surface area contributed by atoms with Crippen LogP contribution in [0.15, 0.2) is 24.3 Å². The summed E-state index contributed by atoms with van der Waals surface area (Å²) in [6.45, 7) is 4.83. The van der Waals surface area contributed by atoms with Crippen molar-refractivity contribution in [2.24, 2.45) is 0 Å². The highest BCUT2D eigenvalue weighted by atomic mass is 32.1. The highest BCUT2D eigenvalue weighted by molar-refractivity contribution is 7.22. The average molecular weight is 396 g/mol. The molecule has 144 valence electrons. The fraction of sp³-hybridized carbons (Fsp3) is 0.278. The summed E-state index contributed by atoms with van der Waals surface area (Å²) in [6.07, 6.45) is 0.224. The Morgan fingerprint density at radius 3 is 2.82 bits per heavy atom. The number of hydrogen-bond donors (Lipinski definition) is 3. The van der Waals surface area contributed by atoms with E-state index in [4.69, 9.17) is 5.73 Å². The lowest BCUT2D eigenvalue weighted by Crippen LogP contribution is -2.30. The highest BCUT2D eigenvalue weighted by Crippen LogP contribution is 2.24. The molecule has 10 heteroatoms. The van der Waals surface area contributed by atoms with Gasteiger partial charge in [0.05, 0.1) is 16.6 Å². The molecule has 0 radical (unpaired) electrons. The molecule has 0 atom stereocenters. The number of carbonyl (C=O) groups excluding carboxylic acids is 1. The summed E-state index contributed by atoms with van der Waals surface area (Å²) < 4.78 is 2.70. The zero-order valence-electron chi connectivity index (χ0n) is 15.6. The van der Waals surface area contributed by atoms with E-state index < -0.39 is 0 Å². The van der Waals surface area contributed by atoms with E-state index in [9.17, 15) is 4.79 Å². The van der Waals surface area contributed by atoms with Gasteiger partial charge in [0.1, 0.15) is 0 Å². The topological polar surface area (TPSA) is 123 Å². The van der Waals surface area contributed by atoms with Gasteiger partial charge in [-0.15, -0.1) is 5.10 Å². The van der Waals surface area contributed by atoms with Gasteiger partial charge in [-0.25, -0.2) is 9.97 Å². The molecule has 0 spiro atoms. The molecule has 3 aromatic heterocycles. The van der Waals surface area contributed by atoms with Gasteiger partial charge in [0, 0.05) is 30.0 Å². The molecular formula is C18H20N8OS. The molecule has 9 nitrogen and oxygen atoms in total. The van der Waals surface area contributed by atoms with E-state index in [1.807, 2.05) is 38.1 Å². The van der Waals surface area contributed by atoms with E-state index in [1.54, 1.807) is 15.9 Å². The van der Waals surface area contributed by atoms with E-state index in [2.05, 4.69) is 30.7 Å². The Kier molecular flexibility index (Phi) is 4.78. The number of para-hydroxylation sites is 1. The number of nitrogens with two attached hydrogens (primary N) is 1. The third kappa shape index (κ3) is 3.58. The van der Waals surface area contributed by atoms with Crippen LogP contribution in [0.5, 0.6) is 0 Å². The van der Waals surface area contributed by atoms with Crippen LogP contribution in [0.3, 0.4) is 0 Å². The number of nitrogens with zero attached hydrogens (tertiary/aromatic N) is 5. The number of thiazole rings is 1. The lowest BCUT2D eigenvalue weighted by Gasteiger charge is -2.11. The summed E-state index contributed by atoms with van der Waals surface area (Å²) in [7, 11) is 0. The minimum Gasteiger partial charge on any atom is -0.366 e. The molecule has 4 N–H and O–H groups in total. The molecule has 1 aromatic carbocycles. The third-order valence-electron chi connectivity index (χ3n) is 4.42. The SMILES string of the molecule is Cc1nc2nc(N)nn2c(C)c1CC(=O)NCCNc1nc2ccccc2s1. The van der Waals surface area contributed by atoms with Gasteiger partial charge in [0.25, 0.3) is 5.78 Å². The predicted molar refractivity (Wildman–Crippen MR) is 109 cm³/mol. The summed E-state index contributed by atoms with van der Waals surface area (Å²) in [5.74, 6) is 0.528. The maximum atomic E-state index is 12.4. The third-order valence-corrected chi connectivity index (χ3v) is 5.41. The monoisotopic (exact) mass is 396 g/mol. The predicted octanol–water partition coefficient (Wildman–Crippen LogP) is 1.70. The van der Waals surface area contributed by atoms with Crippen molar-refractivity contribution in [2.45, 2.75) is 20.3 Å². The van der Waals surface area contributed by atoms with E-state index in [0.29, 0.717) is 18.9 Å². The first-order valence-corrected chi connectivity index (χ1v) is 9.67. The number of fused-ring (bicyclic) bond motifs is 2. The van der Waals surface area contributed by atoms with Crippen molar-refractivity contribution >= 4 is 44.3 Å². The lowest BCUT2D eigenvalue weighted by molar-refractivity contribution is -0.120. The fourth-order valence-corrected chi connectivity index (χ4v) is 3.91. The summed E-state index contributed by atoms with van der Waals surface area (Å²) in [5.41, 5.74) is 9.01. The molecule has 0 fully saturated rings. The van der Waals surface area contributed by atoms with E-state index in [1.165, 1.54) is 0 Å². The van der Waals surface area contributed by atoms with E-state index >= 15 is 0 Å². The van der Waals surface area contributed by atoms with Gasteiger partial charge in [-0.1, -0.05) is 23.5 Å². The smallest absolute Gasteiger partial charge is 0.254 e. The molecular weight excluding hydrogens is 376 g/mol. The summed E-state index contributed by atoms with van der Waals surface area (Å²) in [4.78, 5) is 25.3. The largest absolute Gasteiger partial charge is 0.366 e. The van der Waals surface area contributed by atoms with Crippen LogP contribution in [0.2, 0.25) is 0 Å². The van der Waals surface area contributed by atoms with Crippen LogP contribution < -0.4 is 16.4 Å². The Morgan fingerprint density at radius 1 is 1.18 bits per heavy atom. The van der Waals surface area contributed by atoms with Crippen molar-refractivity contribution in [3.05, 3.63) is 41.2 Å². The number of aryl methyl sites for hydroxylation is 2. The highest BCUT2D eigenvalue weighted by Gasteiger charge is 2.15. The van der Waals surface area contributed by atoms with Gasteiger partial charge in [0.15, 0.2) is 5.13 Å². The van der Waals surface area contributed by atoms with Crippen molar-refractivity contribution in [2.75, 3.05) is 24.1 Å². The van der Waals surface area contributed by atoms with E-state index in [-0.39, 0.29) is 18.3 Å². The van der Waals surface area contributed by atoms with Crippen molar-refractivity contribution in [1.82, 2.24) is 29.9 Å². The normalized spacial score (nSPS) is 11.2. The van der Waals surface area contributed by atoms with E-state index in [0.717, 1.165) is 32.3 Å². The number of nitrogens with one attached hydrogen (secondary N) is 2. The summed E-state index contributed by atoms with van der Waals surface area (Å²) in [5, 5.41) is 11.1. The van der Waals surface area contributed by atoms with Crippen LogP contribution in [0.25, 0.3) is 16.0 Å². The van der Waals surface area contributed by atoms with Crippen molar-refractivity contribution in [3.63, 3.8) is 0 Å². The maximum absolute atomic E-state index is 12.4. The molecule has 0 aliphatic rings. The van der Waals surface area contributed by atoms with Gasteiger partial charge in [-0.3, -0.25) is 4.79 Å². The Bertz CT molecular complexity index is 1130. The van der Waals surface area contributed by atoms with Gasteiger partial charge in [-0.2, -0.15) is 9.50 Å². The average Bonchev–Trinajstić information content (AvgIpc) is 3.24. The first-order chi connectivity index (χ1) is 13.5. The number of rotatable bonds is 6. The fourth-order valence-electron chi connectivity index (χ4n) is 3.02. The number of aromatic nitrogens is 5. The molecule has 3 heterocycles. The second kappa shape index (κ2) is 7.39. The van der Waals surface area contributed by atoms with Crippen LogP contribution in [-0.2, 0) is 11.2 Å². The molecule has 0 unspecified atom stereocenters. The number of hydrogen-bond acceptors (Lipinski definition) is 8. The molecule has 0 aliphatic carbocycles. The van der Waals surface area contributed by atoms with Crippen LogP contribution in [0.4, 0.5) is 11.1 Å². The van der Waals surface area contributed by atoms with Gasteiger partial charge in [0.2, 0.25) is 11.9 Å². The van der Waals surface area contributed by atoms with Crippen molar-refractivity contribution in [3.8, 4) is 0 Å². The molecule has 0 saturated carbocycles. The Hall–Kier alpha value is -3.27. The van der Waals surface area contributed by atoms with Gasteiger partial charge < -0.3 is 16.4 Å². The Labute approximate surface area is 165 Å².